The minimum atomic E-state index is -1.62. The first-order chi connectivity index (χ1) is 12.4. The molecule has 1 amide bonds. The van der Waals surface area contributed by atoms with Gasteiger partial charge >= 0.3 is 0 Å². The van der Waals surface area contributed by atoms with E-state index < -0.39 is 29.0 Å². The lowest BCUT2D eigenvalue weighted by molar-refractivity contribution is -0.114. The van der Waals surface area contributed by atoms with Crippen molar-refractivity contribution in [3.05, 3.63) is 29.6 Å². The molecule has 0 heterocycles. The smallest absolute Gasteiger partial charge is 0.246 e. The zero-order valence-corrected chi connectivity index (χ0v) is 17.8. The molecule has 152 valence electrons. The third-order valence-corrected chi connectivity index (χ3v) is 4.39. The fraction of sp³-hybridized carbons (Fsp3) is 0.556. The number of carbonyl (C=O) groups is 1. The summed E-state index contributed by atoms with van der Waals surface area (Å²) in [5.74, 6) is -3.74. The summed E-state index contributed by atoms with van der Waals surface area (Å²) in [7, 11) is 0. The van der Waals surface area contributed by atoms with E-state index in [0.29, 0.717) is 18.5 Å². The molecule has 1 fully saturated rings. The van der Waals surface area contributed by atoms with Crippen molar-refractivity contribution in [2.75, 3.05) is 18.4 Å². The Balaban J connectivity index is 0.00000364. The molecular formula is C18H26F3IN4O. The van der Waals surface area contributed by atoms with E-state index in [0.717, 1.165) is 43.7 Å². The molecule has 9 heteroatoms. The first kappa shape index (κ1) is 23.5. The Labute approximate surface area is 174 Å². The van der Waals surface area contributed by atoms with E-state index in [1.807, 2.05) is 6.92 Å². The van der Waals surface area contributed by atoms with Crippen LogP contribution < -0.4 is 16.0 Å². The Morgan fingerprint density at radius 2 is 1.81 bits per heavy atom. The number of anilines is 1. The molecule has 3 N–H and O–H groups in total. The van der Waals surface area contributed by atoms with Gasteiger partial charge in [-0.1, -0.05) is 6.92 Å². The van der Waals surface area contributed by atoms with Crippen LogP contribution in [0.15, 0.2) is 17.1 Å². The first-order valence-electron chi connectivity index (χ1n) is 8.88. The molecule has 0 aliphatic heterocycles. The molecule has 0 radical (unpaired) electrons. The molecule has 0 aromatic heterocycles. The summed E-state index contributed by atoms with van der Waals surface area (Å²) in [5.41, 5.74) is -0.414. The van der Waals surface area contributed by atoms with Crippen LogP contribution in [0, 0.1) is 23.4 Å². The number of benzene rings is 1. The van der Waals surface area contributed by atoms with Crippen molar-refractivity contribution < 1.29 is 18.0 Å². The molecular weight excluding hydrogens is 472 g/mol. The quantitative estimate of drug-likeness (QED) is 0.251. The molecule has 5 nitrogen and oxygen atoms in total. The van der Waals surface area contributed by atoms with Crippen LogP contribution >= 0.6 is 24.0 Å². The Hall–Kier alpha value is -1.52. The number of aliphatic imine (C=N–C) groups is 1. The average molecular weight is 498 g/mol. The van der Waals surface area contributed by atoms with Gasteiger partial charge in [0.2, 0.25) is 5.91 Å². The van der Waals surface area contributed by atoms with Crippen molar-refractivity contribution in [3.8, 4) is 0 Å². The number of amides is 1. The number of nitrogens with one attached hydrogen (secondary N) is 3. The highest BCUT2D eigenvalue weighted by Gasteiger charge is 2.19. The predicted octanol–water partition coefficient (Wildman–Crippen LogP) is 3.79. The van der Waals surface area contributed by atoms with Gasteiger partial charge in [0.15, 0.2) is 23.4 Å². The molecule has 1 saturated carbocycles. The van der Waals surface area contributed by atoms with Crippen LogP contribution in [0.3, 0.4) is 0 Å². The van der Waals surface area contributed by atoms with Crippen molar-refractivity contribution in [2.45, 2.75) is 45.6 Å². The van der Waals surface area contributed by atoms with Gasteiger partial charge in [-0.25, -0.2) is 18.2 Å². The highest BCUT2D eigenvalue weighted by atomic mass is 127. The first-order valence-corrected chi connectivity index (χ1v) is 8.88. The molecule has 0 bridgehead atoms. The SMILES string of the molecule is CCNC(=NCC(=O)Nc1ccc(F)c(F)c1F)NC1CCC(C)CC1.I. The Kier molecular flexibility index (Phi) is 9.89. The van der Waals surface area contributed by atoms with Gasteiger partial charge in [-0.15, -0.1) is 24.0 Å². The molecule has 27 heavy (non-hydrogen) atoms. The Bertz CT molecular complexity index is 664. The lowest BCUT2D eigenvalue weighted by Crippen LogP contribution is -2.45. The number of hydrogen-bond donors (Lipinski definition) is 3. The van der Waals surface area contributed by atoms with E-state index >= 15 is 0 Å². The highest BCUT2D eigenvalue weighted by Crippen LogP contribution is 2.23. The third kappa shape index (κ3) is 7.19. The van der Waals surface area contributed by atoms with Crippen molar-refractivity contribution in [3.63, 3.8) is 0 Å². The fourth-order valence-electron chi connectivity index (χ4n) is 2.88. The van der Waals surface area contributed by atoms with Crippen LogP contribution in [0.5, 0.6) is 0 Å². The summed E-state index contributed by atoms with van der Waals surface area (Å²) in [4.78, 5) is 16.1. The predicted molar refractivity (Wildman–Crippen MR) is 111 cm³/mol. The number of carbonyl (C=O) groups excluding carboxylic acids is 1. The summed E-state index contributed by atoms with van der Waals surface area (Å²) in [5, 5.41) is 8.57. The van der Waals surface area contributed by atoms with Crippen LogP contribution in [0.4, 0.5) is 18.9 Å². The van der Waals surface area contributed by atoms with E-state index in [1.54, 1.807) is 0 Å². The van der Waals surface area contributed by atoms with Gasteiger partial charge < -0.3 is 16.0 Å². The van der Waals surface area contributed by atoms with Gasteiger partial charge in [0.25, 0.3) is 0 Å². The average Bonchev–Trinajstić information content (AvgIpc) is 2.62. The maximum Gasteiger partial charge on any atom is 0.246 e. The second-order valence-corrected chi connectivity index (χ2v) is 6.57. The van der Waals surface area contributed by atoms with Gasteiger partial charge in [-0.2, -0.15) is 0 Å². The highest BCUT2D eigenvalue weighted by molar-refractivity contribution is 14.0. The second-order valence-electron chi connectivity index (χ2n) is 6.57. The molecule has 0 atom stereocenters. The summed E-state index contributed by atoms with van der Waals surface area (Å²) in [6, 6.07) is 2.03. The molecule has 1 aliphatic carbocycles. The largest absolute Gasteiger partial charge is 0.357 e. The van der Waals surface area contributed by atoms with Gasteiger partial charge in [0, 0.05) is 12.6 Å². The minimum absolute atomic E-state index is 0. The van der Waals surface area contributed by atoms with E-state index in [1.165, 1.54) is 0 Å². The lowest BCUT2D eigenvalue weighted by Gasteiger charge is -2.28. The maximum absolute atomic E-state index is 13.6. The fourth-order valence-corrected chi connectivity index (χ4v) is 2.88. The summed E-state index contributed by atoms with van der Waals surface area (Å²) >= 11 is 0. The number of nitrogens with zero attached hydrogens (tertiary/aromatic N) is 1. The number of guanidine groups is 1. The van der Waals surface area contributed by atoms with Crippen LogP contribution in [-0.4, -0.2) is 31.0 Å². The molecule has 0 spiro atoms. The Morgan fingerprint density at radius 1 is 1.15 bits per heavy atom. The van der Waals surface area contributed by atoms with Crippen LogP contribution in [-0.2, 0) is 4.79 Å². The second kappa shape index (κ2) is 11.4. The normalized spacial score (nSPS) is 19.8. The minimum Gasteiger partial charge on any atom is -0.357 e. The summed E-state index contributed by atoms with van der Waals surface area (Å²) < 4.78 is 39.7. The zero-order valence-electron chi connectivity index (χ0n) is 15.4. The van der Waals surface area contributed by atoms with Gasteiger partial charge in [-0.05, 0) is 50.7 Å². The standard InChI is InChI=1S/C18H25F3N4O.HI/c1-3-22-18(24-12-6-4-11(2)5-7-12)23-10-15(26)25-14-9-8-13(19)16(20)17(14)21;/h8-9,11-12H,3-7,10H2,1-2H3,(H,25,26)(H2,22,23,24);1H. The maximum atomic E-state index is 13.6. The third-order valence-electron chi connectivity index (χ3n) is 4.39. The van der Waals surface area contributed by atoms with Gasteiger partial charge in [0.1, 0.15) is 6.54 Å². The lowest BCUT2D eigenvalue weighted by atomic mass is 9.87. The molecule has 1 aromatic carbocycles. The van der Waals surface area contributed by atoms with E-state index in [4.69, 9.17) is 0 Å². The monoisotopic (exact) mass is 498 g/mol. The van der Waals surface area contributed by atoms with E-state index in [2.05, 4.69) is 27.9 Å². The van der Waals surface area contributed by atoms with E-state index in [-0.39, 0.29) is 30.5 Å². The zero-order chi connectivity index (χ0) is 19.1. The van der Waals surface area contributed by atoms with Crippen molar-refractivity contribution >= 4 is 41.5 Å². The molecule has 1 aromatic rings. The summed E-state index contributed by atoms with van der Waals surface area (Å²) in [6.45, 7) is 4.51. The molecule has 2 rings (SSSR count). The molecule has 0 unspecified atom stereocenters. The van der Waals surface area contributed by atoms with Crippen molar-refractivity contribution in [1.29, 1.82) is 0 Å². The van der Waals surface area contributed by atoms with Gasteiger partial charge in [-0.3, -0.25) is 4.79 Å². The topological polar surface area (TPSA) is 65.5 Å². The van der Waals surface area contributed by atoms with Crippen molar-refractivity contribution in [2.24, 2.45) is 10.9 Å². The molecule has 0 saturated heterocycles. The van der Waals surface area contributed by atoms with Crippen LogP contribution in [0.1, 0.15) is 39.5 Å². The van der Waals surface area contributed by atoms with Crippen LogP contribution in [0.25, 0.3) is 0 Å². The molecule has 1 aliphatic rings. The number of rotatable bonds is 5. The summed E-state index contributed by atoms with van der Waals surface area (Å²) in [6.07, 6.45) is 4.37. The van der Waals surface area contributed by atoms with Crippen LogP contribution in [0.2, 0.25) is 0 Å². The van der Waals surface area contributed by atoms with Gasteiger partial charge in [0.05, 0.1) is 5.69 Å². The van der Waals surface area contributed by atoms with Crippen molar-refractivity contribution in [1.82, 2.24) is 10.6 Å². The number of hydrogen-bond acceptors (Lipinski definition) is 2. The Morgan fingerprint density at radius 3 is 2.44 bits per heavy atom. The number of halogens is 4. The van der Waals surface area contributed by atoms with E-state index in [9.17, 15) is 18.0 Å².